The summed E-state index contributed by atoms with van der Waals surface area (Å²) >= 11 is 1.45. The zero-order chi connectivity index (χ0) is 21.0. The highest BCUT2D eigenvalue weighted by Gasteiger charge is 2.42. The maximum absolute atomic E-state index is 13.5. The summed E-state index contributed by atoms with van der Waals surface area (Å²) in [5, 5.41) is 1.91. The van der Waals surface area contributed by atoms with Crippen molar-refractivity contribution in [3.8, 4) is 0 Å². The third-order valence-corrected chi connectivity index (χ3v) is 5.91. The van der Waals surface area contributed by atoms with E-state index in [2.05, 4.69) is 0 Å². The summed E-state index contributed by atoms with van der Waals surface area (Å²) in [7, 11) is 3.23. The fraction of sp³-hybridized carbons (Fsp3) is 0.364. The second-order valence-electron chi connectivity index (χ2n) is 6.89. The summed E-state index contributed by atoms with van der Waals surface area (Å²) in [6.07, 6.45) is 0. The van der Waals surface area contributed by atoms with E-state index in [1.165, 1.54) is 16.2 Å². The van der Waals surface area contributed by atoms with Crippen LogP contribution in [0.5, 0.6) is 0 Å². The topological polar surface area (TPSA) is 59.1 Å². The molecule has 7 heteroatoms. The summed E-state index contributed by atoms with van der Waals surface area (Å²) in [4.78, 5) is 30.9. The number of carbonyl (C=O) groups excluding carboxylic acids is 2. The Labute approximate surface area is 175 Å². The molecule has 2 aromatic rings. The predicted octanol–water partition coefficient (Wildman–Crippen LogP) is 3.24. The molecule has 1 aliphatic heterocycles. The van der Waals surface area contributed by atoms with E-state index in [1.807, 2.05) is 54.5 Å². The number of ether oxygens (including phenoxy) is 2. The summed E-state index contributed by atoms with van der Waals surface area (Å²) in [5.41, 5.74) is 3.58. The monoisotopic (exact) mass is 414 g/mol. The van der Waals surface area contributed by atoms with Crippen molar-refractivity contribution in [3.05, 3.63) is 57.4 Å². The number of hydrogen-bond donors (Lipinski definition) is 0. The molecule has 1 aliphatic rings. The number of thiophene rings is 1. The molecule has 0 aliphatic carbocycles. The lowest BCUT2D eigenvalue weighted by atomic mass is 10.1. The lowest BCUT2D eigenvalue weighted by Crippen LogP contribution is -2.37. The van der Waals surface area contributed by atoms with Crippen LogP contribution in [0.2, 0.25) is 0 Å². The SMILES string of the molecule is COCCN(CCOC)C1=C(c2cccs2)C(=O)N(c2ccc(C)c(C)c2)C1=O. The van der Waals surface area contributed by atoms with Crippen LogP contribution in [0, 0.1) is 13.8 Å². The maximum atomic E-state index is 13.5. The number of aryl methyl sites for hydroxylation is 2. The molecule has 0 fully saturated rings. The van der Waals surface area contributed by atoms with Crippen molar-refractivity contribution in [3.63, 3.8) is 0 Å². The zero-order valence-electron chi connectivity index (χ0n) is 17.2. The molecule has 6 nitrogen and oxygen atoms in total. The lowest BCUT2D eigenvalue weighted by molar-refractivity contribution is -0.120. The Morgan fingerprint density at radius 1 is 0.966 bits per heavy atom. The Kier molecular flexibility index (Phi) is 6.84. The summed E-state index contributed by atoms with van der Waals surface area (Å²) in [5.74, 6) is -0.607. The van der Waals surface area contributed by atoms with Gasteiger partial charge in [-0.3, -0.25) is 9.59 Å². The number of imide groups is 1. The number of methoxy groups -OCH3 is 2. The normalized spacial score (nSPS) is 14.3. The third kappa shape index (κ3) is 4.27. The van der Waals surface area contributed by atoms with E-state index < -0.39 is 0 Å². The maximum Gasteiger partial charge on any atom is 0.282 e. The standard InChI is InChI=1S/C22H26N2O4S/c1-15-7-8-17(14-16(15)2)24-21(25)19(18-6-5-13-29-18)20(22(24)26)23(9-11-27-3)10-12-28-4/h5-8,13-14H,9-12H2,1-4H3. The summed E-state index contributed by atoms with van der Waals surface area (Å²) in [6, 6.07) is 9.40. The minimum atomic E-state index is -0.311. The molecule has 2 amide bonds. The van der Waals surface area contributed by atoms with Gasteiger partial charge in [-0.1, -0.05) is 12.1 Å². The van der Waals surface area contributed by atoms with Crippen molar-refractivity contribution in [1.82, 2.24) is 4.90 Å². The first kappa shape index (κ1) is 21.2. The molecule has 29 heavy (non-hydrogen) atoms. The van der Waals surface area contributed by atoms with Gasteiger partial charge in [-0.25, -0.2) is 4.90 Å². The number of hydrogen-bond acceptors (Lipinski definition) is 6. The van der Waals surface area contributed by atoms with Gasteiger partial charge in [-0.05, 0) is 48.6 Å². The Morgan fingerprint density at radius 3 is 2.21 bits per heavy atom. The molecule has 0 radical (unpaired) electrons. The Morgan fingerprint density at radius 2 is 1.66 bits per heavy atom. The van der Waals surface area contributed by atoms with Gasteiger partial charge >= 0.3 is 0 Å². The van der Waals surface area contributed by atoms with Gasteiger partial charge in [0.25, 0.3) is 11.8 Å². The predicted molar refractivity (Wildman–Crippen MR) is 115 cm³/mol. The van der Waals surface area contributed by atoms with Crippen LogP contribution in [0.25, 0.3) is 5.57 Å². The van der Waals surface area contributed by atoms with E-state index in [0.717, 1.165) is 16.0 Å². The van der Waals surface area contributed by atoms with Crippen molar-refractivity contribution in [1.29, 1.82) is 0 Å². The number of benzene rings is 1. The molecule has 2 heterocycles. The largest absolute Gasteiger partial charge is 0.383 e. The summed E-state index contributed by atoms with van der Waals surface area (Å²) < 4.78 is 10.5. The molecule has 0 saturated heterocycles. The molecule has 1 aromatic heterocycles. The minimum Gasteiger partial charge on any atom is -0.383 e. The van der Waals surface area contributed by atoms with Crippen LogP contribution >= 0.6 is 11.3 Å². The van der Waals surface area contributed by atoms with Gasteiger partial charge in [0, 0.05) is 32.2 Å². The van der Waals surface area contributed by atoms with E-state index in [4.69, 9.17) is 9.47 Å². The molecule has 0 unspecified atom stereocenters. The average Bonchev–Trinajstić information content (AvgIpc) is 3.31. The third-order valence-electron chi connectivity index (χ3n) is 5.02. The Hall–Kier alpha value is -2.48. The van der Waals surface area contributed by atoms with Gasteiger partial charge in [0.05, 0.1) is 24.5 Å². The van der Waals surface area contributed by atoms with Gasteiger partial charge < -0.3 is 14.4 Å². The molecular weight excluding hydrogens is 388 g/mol. The fourth-order valence-electron chi connectivity index (χ4n) is 3.29. The van der Waals surface area contributed by atoms with Crippen LogP contribution in [-0.2, 0) is 19.1 Å². The van der Waals surface area contributed by atoms with Crippen LogP contribution < -0.4 is 4.90 Å². The molecule has 3 rings (SSSR count). The van der Waals surface area contributed by atoms with Crippen molar-refractivity contribution >= 4 is 34.4 Å². The highest BCUT2D eigenvalue weighted by molar-refractivity contribution is 7.11. The number of amides is 2. The van der Waals surface area contributed by atoms with Crippen molar-refractivity contribution in [2.45, 2.75) is 13.8 Å². The number of anilines is 1. The molecule has 0 N–H and O–H groups in total. The van der Waals surface area contributed by atoms with Gasteiger partial charge in [0.2, 0.25) is 0 Å². The first-order valence-electron chi connectivity index (χ1n) is 9.46. The molecule has 1 aromatic carbocycles. The van der Waals surface area contributed by atoms with Crippen LogP contribution in [-0.4, -0.2) is 57.2 Å². The summed E-state index contributed by atoms with van der Waals surface area (Å²) in [6.45, 7) is 5.84. The fourth-order valence-corrected chi connectivity index (χ4v) is 4.05. The molecule has 0 atom stereocenters. The van der Waals surface area contributed by atoms with Gasteiger partial charge in [-0.2, -0.15) is 0 Å². The van der Waals surface area contributed by atoms with Crippen molar-refractivity contribution in [2.75, 3.05) is 45.4 Å². The van der Waals surface area contributed by atoms with E-state index >= 15 is 0 Å². The van der Waals surface area contributed by atoms with E-state index in [-0.39, 0.29) is 11.8 Å². The van der Waals surface area contributed by atoms with Crippen LogP contribution in [0.3, 0.4) is 0 Å². The van der Waals surface area contributed by atoms with E-state index in [1.54, 1.807) is 14.2 Å². The second kappa shape index (κ2) is 9.35. The molecule has 0 bridgehead atoms. The first-order valence-corrected chi connectivity index (χ1v) is 10.3. The first-order chi connectivity index (χ1) is 14.0. The minimum absolute atomic E-state index is 0.296. The smallest absolute Gasteiger partial charge is 0.282 e. The van der Waals surface area contributed by atoms with Gasteiger partial charge in [-0.15, -0.1) is 11.3 Å². The van der Waals surface area contributed by atoms with Crippen molar-refractivity contribution in [2.24, 2.45) is 0 Å². The highest BCUT2D eigenvalue weighted by Crippen LogP contribution is 2.36. The zero-order valence-corrected chi connectivity index (χ0v) is 18.0. The van der Waals surface area contributed by atoms with Crippen molar-refractivity contribution < 1.29 is 19.1 Å². The number of carbonyl (C=O) groups is 2. The number of nitrogens with zero attached hydrogens (tertiary/aromatic N) is 2. The molecule has 154 valence electrons. The van der Waals surface area contributed by atoms with Gasteiger partial charge in [0.1, 0.15) is 5.70 Å². The van der Waals surface area contributed by atoms with E-state index in [0.29, 0.717) is 43.3 Å². The van der Waals surface area contributed by atoms with Crippen LogP contribution in [0.4, 0.5) is 5.69 Å². The second-order valence-corrected chi connectivity index (χ2v) is 7.84. The van der Waals surface area contributed by atoms with Gasteiger partial charge in [0.15, 0.2) is 0 Å². The van der Waals surface area contributed by atoms with Crippen LogP contribution in [0.15, 0.2) is 41.4 Å². The Balaban J connectivity index is 2.08. The quantitative estimate of drug-likeness (QED) is 0.590. The van der Waals surface area contributed by atoms with E-state index in [9.17, 15) is 9.59 Å². The molecule has 0 spiro atoms. The lowest BCUT2D eigenvalue weighted by Gasteiger charge is -2.25. The Bertz CT molecular complexity index is 913. The van der Waals surface area contributed by atoms with Crippen LogP contribution in [0.1, 0.15) is 16.0 Å². The molecular formula is C22H26N2O4S. The molecule has 0 saturated carbocycles. The number of rotatable bonds is 9. The highest BCUT2D eigenvalue weighted by atomic mass is 32.1. The average molecular weight is 415 g/mol.